The summed E-state index contributed by atoms with van der Waals surface area (Å²) in [7, 11) is 0. The van der Waals surface area contributed by atoms with Gasteiger partial charge in [0.15, 0.2) is 6.10 Å². The Bertz CT molecular complexity index is 1380. The number of allylic oxidation sites excluding steroid dienone is 18. The molecule has 0 aliphatic rings. The number of hydrogen-bond donors (Lipinski definition) is 1. The van der Waals surface area contributed by atoms with Crippen LogP contribution < -0.4 is 0 Å². The van der Waals surface area contributed by atoms with E-state index in [-0.39, 0.29) is 25.2 Å². The first-order valence-electron chi connectivity index (χ1n) is 29.4. The van der Waals surface area contributed by atoms with Crippen LogP contribution in [0.5, 0.6) is 0 Å². The van der Waals surface area contributed by atoms with E-state index in [0.29, 0.717) is 12.8 Å². The maximum Gasteiger partial charge on any atom is 0.306 e. The van der Waals surface area contributed by atoms with E-state index in [1.807, 2.05) is 0 Å². The molecular formula is C65H110O5. The van der Waals surface area contributed by atoms with Gasteiger partial charge < -0.3 is 14.6 Å². The molecule has 0 saturated heterocycles. The smallest absolute Gasteiger partial charge is 0.306 e. The summed E-state index contributed by atoms with van der Waals surface area (Å²) in [5.74, 6) is -0.596. The number of aliphatic hydroxyl groups is 1. The number of ether oxygens (including phenoxy) is 2. The minimum absolute atomic E-state index is 0.0719. The van der Waals surface area contributed by atoms with Gasteiger partial charge in [-0.3, -0.25) is 9.59 Å². The number of carbonyl (C=O) groups is 2. The first-order valence-corrected chi connectivity index (χ1v) is 29.4. The summed E-state index contributed by atoms with van der Waals surface area (Å²) >= 11 is 0. The molecule has 0 aromatic heterocycles. The first-order chi connectivity index (χ1) is 34.6. The van der Waals surface area contributed by atoms with Crippen molar-refractivity contribution in [2.24, 2.45) is 0 Å². The van der Waals surface area contributed by atoms with E-state index in [1.54, 1.807) is 0 Å². The maximum absolute atomic E-state index is 12.3. The molecule has 0 bridgehead atoms. The summed E-state index contributed by atoms with van der Waals surface area (Å²) in [6.07, 6.45) is 86.4. The average molecular weight is 972 g/mol. The molecule has 1 atom stereocenters. The highest BCUT2D eigenvalue weighted by Gasteiger charge is 2.16. The van der Waals surface area contributed by atoms with Gasteiger partial charge in [0.25, 0.3) is 0 Å². The predicted molar refractivity (Wildman–Crippen MR) is 306 cm³/mol. The molecule has 0 spiro atoms. The van der Waals surface area contributed by atoms with Crippen molar-refractivity contribution in [3.05, 3.63) is 109 Å². The van der Waals surface area contributed by atoms with Gasteiger partial charge in [-0.2, -0.15) is 0 Å². The molecule has 0 aliphatic carbocycles. The Kier molecular flexibility index (Phi) is 56.9. The van der Waals surface area contributed by atoms with Crippen molar-refractivity contribution in [1.82, 2.24) is 0 Å². The van der Waals surface area contributed by atoms with Crippen LogP contribution in [0.15, 0.2) is 109 Å². The SMILES string of the molecule is CC/C=C\C/C=C\C/C=C\C/C=C\C/C=C\C/C=C\C/C=C\CCCCCCCCCCCCCCCCCCCC(=O)OC(CO)COC(=O)CCCCCCCCC/C=C\C/C=C\CCCCC. The van der Waals surface area contributed by atoms with Crippen LogP contribution in [0.1, 0.15) is 271 Å². The van der Waals surface area contributed by atoms with Crippen LogP contribution in [0.25, 0.3) is 0 Å². The second-order valence-corrected chi connectivity index (χ2v) is 19.3. The molecule has 0 aromatic carbocycles. The first kappa shape index (κ1) is 66.6. The van der Waals surface area contributed by atoms with Crippen LogP contribution >= 0.6 is 0 Å². The summed E-state index contributed by atoms with van der Waals surface area (Å²) in [4.78, 5) is 24.5. The lowest BCUT2D eigenvalue weighted by atomic mass is 10.0. The Morgan fingerprint density at radius 2 is 0.614 bits per heavy atom. The van der Waals surface area contributed by atoms with Crippen LogP contribution in [-0.2, 0) is 19.1 Å². The Morgan fingerprint density at radius 1 is 0.343 bits per heavy atom. The minimum Gasteiger partial charge on any atom is -0.462 e. The van der Waals surface area contributed by atoms with Gasteiger partial charge in [0.05, 0.1) is 6.61 Å². The predicted octanol–water partition coefficient (Wildman–Crippen LogP) is 20.1. The quantitative estimate of drug-likeness (QED) is 0.0373. The van der Waals surface area contributed by atoms with Gasteiger partial charge in [-0.05, 0) is 103 Å². The van der Waals surface area contributed by atoms with Crippen molar-refractivity contribution in [3.8, 4) is 0 Å². The van der Waals surface area contributed by atoms with E-state index in [1.165, 1.54) is 148 Å². The Balaban J connectivity index is 3.49. The second-order valence-electron chi connectivity index (χ2n) is 19.3. The standard InChI is InChI=1S/C65H110O5/c1-3-5-7-9-11-13-15-17-19-21-22-23-24-25-26-27-28-29-30-31-32-33-34-35-36-37-38-39-40-41-42-44-46-48-50-52-54-56-58-60-65(68)70-63(61-66)62-69-64(67)59-57-55-53-51-49-47-45-43-20-18-16-14-12-10-8-6-4-2/h5,7,11-14,17-20,22-23,25-26,28-29,31-32,63,66H,3-4,6,8-10,15-16,21,24,27,30,33-62H2,1-2H3/b7-5-,13-11-,14-12-,19-17-,20-18-,23-22-,26-25-,29-28-,32-31-. The summed E-state index contributed by atoms with van der Waals surface area (Å²) in [6, 6.07) is 0. The Labute approximate surface area is 433 Å². The van der Waals surface area contributed by atoms with Crippen LogP contribution in [-0.4, -0.2) is 36.4 Å². The summed E-state index contributed by atoms with van der Waals surface area (Å²) in [5, 5.41) is 9.65. The minimum atomic E-state index is -0.780. The van der Waals surface area contributed by atoms with Gasteiger partial charge in [0.1, 0.15) is 6.61 Å². The molecule has 0 aliphatic heterocycles. The van der Waals surface area contributed by atoms with E-state index >= 15 is 0 Å². The molecule has 0 saturated carbocycles. The zero-order chi connectivity index (χ0) is 50.6. The number of aliphatic hydroxyl groups excluding tert-OH is 1. The van der Waals surface area contributed by atoms with Crippen LogP contribution in [0, 0.1) is 0 Å². The lowest BCUT2D eigenvalue weighted by molar-refractivity contribution is -0.161. The molecule has 1 N–H and O–H groups in total. The van der Waals surface area contributed by atoms with Crippen molar-refractivity contribution in [3.63, 3.8) is 0 Å². The highest BCUT2D eigenvalue weighted by atomic mass is 16.6. The molecular weight excluding hydrogens is 861 g/mol. The highest BCUT2D eigenvalue weighted by molar-refractivity contribution is 5.70. The molecule has 5 heteroatoms. The fraction of sp³-hybridized carbons (Fsp3) is 0.692. The number of unbranched alkanes of at least 4 members (excludes halogenated alkanes) is 27. The molecule has 5 nitrogen and oxygen atoms in total. The van der Waals surface area contributed by atoms with Crippen molar-refractivity contribution >= 4 is 11.9 Å². The second kappa shape index (κ2) is 59.9. The van der Waals surface area contributed by atoms with Crippen molar-refractivity contribution in [2.45, 2.75) is 277 Å². The van der Waals surface area contributed by atoms with E-state index in [4.69, 9.17) is 9.47 Å². The summed E-state index contributed by atoms with van der Waals surface area (Å²) in [6.45, 7) is 4.00. The van der Waals surface area contributed by atoms with Crippen molar-refractivity contribution in [2.75, 3.05) is 13.2 Å². The fourth-order valence-electron chi connectivity index (χ4n) is 8.15. The van der Waals surface area contributed by atoms with Crippen molar-refractivity contribution in [1.29, 1.82) is 0 Å². The summed E-state index contributed by atoms with van der Waals surface area (Å²) in [5.41, 5.74) is 0. The van der Waals surface area contributed by atoms with E-state index < -0.39 is 6.10 Å². The number of rotatable bonds is 53. The molecule has 0 radical (unpaired) electrons. The van der Waals surface area contributed by atoms with Gasteiger partial charge in [-0.1, -0.05) is 264 Å². The number of hydrogen-bond acceptors (Lipinski definition) is 5. The Hall–Kier alpha value is -3.44. The fourth-order valence-corrected chi connectivity index (χ4v) is 8.15. The van der Waals surface area contributed by atoms with Gasteiger partial charge >= 0.3 is 11.9 Å². The van der Waals surface area contributed by atoms with Crippen LogP contribution in [0.4, 0.5) is 0 Å². The normalized spacial score (nSPS) is 13.0. The zero-order valence-corrected chi connectivity index (χ0v) is 45.7. The maximum atomic E-state index is 12.3. The lowest BCUT2D eigenvalue weighted by Gasteiger charge is -2.15. The Morgan fingerprint density at radius 3 is 0.929 bits per heavy atom. The molecule has 0 amide bonds. The third-order valence-electron chi connectivity index (χ3n) is 12.6. The molecule has 0 fully saturated rings. The number of esters is 2. The van der Waals surface area contributed by atoms with E-state index in [2.05, 4.69) is 123 Å². The average Bonchev–Trinajstić information content (AvgIpc) is 3.36. The largest absolute Gasteiger partial charge is 0.462 e. The molecule has 0 rings (SSSR count). The number of carbonyl (C=O) groups excluding carboxylic acids is 2. The van der Waals surface area contributed by atoms with Crippen LogP contribution in [0.3, 0.4) is 0 Å². The monoisotopic (exact) mass is 971 g/mol. The highest BCUT2D eigenvalue weighted by Crippen LogP contribution is 2.16. The third-order valence-corrected chi connectivity index (χ3v) is 12.6. The summed E-state index contributed by atoms with van der Waals surface area (Å²) < 4.78 is 10.7. The molecule has 0 aromatic rings. The van der Waals surface area contributed by atoms with Gasteiger partial charge in [0, 0.05) is 12.8 Å². The third kappa shape index (κ3) is 57.1. The van der Waals surface area contributed by atoms with E-state index in [0.717, 1.165) is 96.3 Å². The van der Waals surface area contributed by atoms with Gasteiger partial charge in [0.2, 0.25) is 0 Å². The molecule has 400 valence electrons. The van der Waals surface area contributed by atoms with Crippen molar-refractivity contribution < 1.29 is 24.2 Å². The molecule has 1 unspecified atom stereocenters. The van der Waals surface area contributed by atoms with Gasteiger partial charge in [-0.25, -0.2) is 0 Å². The van der Waals surface area contributed by atoms with Crippen LogP contribution in [0.2, 0.25) is 0 Å². The van der Waals surface area contributed by atoms with E-state index in [9.17, 15) is 14.7 Å². The van der Waals surface area contributed by atoms with Gasteiger partial charge in [-0.15, -0.1) is 0 Å². The lowest BCUT2D eigenvalue weighted by Crippen LogP contribution is -2.28. The zero-order valence-electron chi connectivity index (χ0n) is 45.7. The molecule has 0 heterocycles. The molecule has 70 heavy (non-hydrogen) atoms. The topological polar surface area (TPSA) is 72.8 Å².